The van der Waals surface area contributed by atoms with Crippen molar-refractivity contribution in [2.24, 2.45) is 0 Å². The molecule has 0 fully saturated rings. The fourth-order valence-electron chi connectivity index (χ4n) is 1.90. The SMILES string of the molecule is CCn1ncnc1CNC1CC=CCC1. The number of nitrogens with zero attached hydrogens (tertiary/aromatic N) is 3. The van der Waals surface area contributed by atoms with E-state index >= 15 is 0 Å². The molecule has 15 heavy (non-hydrogen) atoms. The maximum absolute atomic E-state index is 4.24. The van der Waals surface area contributed by atoms with Crippen molar-refractivity contribution in [3.05, 3.63) is 24.3 Å². The van der Waals surface area contributed by atoms with Gasteiger partial charge in [0, 0.05) is 12.6 Å². The van der Waals surface area contributed by atoms with Crippen molar-refractivity contribution in [3.8, 4) is 0 Å². The van der Waals surface area contributed by atoms with Crippen molar-refractivity contribution in [3.63, 3.8) is 0 Å². The van der Waals surface area contributed by atoms with Gasteiger partial charge >= 0.3 is 0 Å². The Morgan fingerprint density at radius 1 is 1.53 bits per heavy atom. The summed E-state index contributed by atoms with van der Waals surface area (Å²) in [5.74, 6) is 1.03. The minimum atomic E-state index is 0.608. The minimum Gasteiger partial charge on any atom is -0.307 e. The predicted molar refractivity (Wildman–Crippen MR) is 59.3 cm³/mol. The van der Waals surface area contributed by atoms with Crippen LogP contribution in [0.25, 0.3) is 0 Å². The zero-order chi connectivity index (χ0) is 10.5. The third-order valence-corrected chi connectivity index (χ3v) is 2.81. The number of hydrogen-bond acceptors (Lipinski definition) is 3. The number of allylic oxidation sites excluding steroid dienone is 1. The van der Waals surface area contributed by atoms with Gasteiger partial charge in [0.05, 0.1) is 6.54 Å². The summed E-state index contributed by atoms with van der Waals surface area (Å²) in [5, 5.41) is 7.67. The van der Waals surface area contributed by atoms with Crippen molar-refractivity contribution in [2.75, 3.05) is 0 Å². The zero-order valence-electron chi connectivity index (χ0n) is 9.19. The highest BCUT2D eigenvalue weighted by molar-refractivity contribution is 4.94. The second-order valence-electron chi connectivity index (χ2n) is 3.85. The standard InChI is InChI=1S/C11H18N4/c1-2-15-11(13-9-14-15)8-12-10-6-4-3-5-7-10/h3-4,9-10,12H,2,5-8H2,1H3. The number of aryl methyl sites for hydroxylation is 1. The first-order valence-corrected chi connectivity index (χ1v) is 5.65. The molecule has 1 N–H and O–H groups in total. The molecule has 4 heteroatoms. The highest BCUT2D eigenvalue weighted by atomic mass is 15.3. The fourth-order valence-corrected chi connectivity index (χ4v) is 1.90. The first kappa shape index (κ1) is 10.4. The molecule has 4 nitrogen and oxygen atoms in total. The van der Waals surface area contributed by atoms with Crippen molar-refractivity contribution in [1.82, 2.24) is 20.1 Å². The Morgan fingerprint density at radius 3 is 3.20 bits per heavy atom. The van der Waals surface area contributed by atoms with Gasteiger partial charge in [-0.1, -0.05) is 12.2 Å². The van der Waals surface area contributed by atoms with Crippen LogP contribution in [0.2, 0.25) is 0 Å². The van der Waals surface area contributed by atoms with Crippen molar-refractivity contribution in [1.29, 1.82) is 0 Å². The van der Waals surface area contributed by atoms with E-state index in [1.165, 1.54) is 12.8 Å². The maximum atomic E-state index is 4.24. The summed E-state index contributed by atoms with van der Waals surface area (Å²) in [4.78, 5) is 4.24. The molecular weight excluding hydrogens is 188 g/mol. The molecule has 0 spiro atoms. The Bertz CT molecular complexity index is 329. The van der Waals surface area contributed by atoms with Crippen LogP contribution in [0.4, 0.5) is 0 Å². The molecule has 0 saturated carbocycles. The summed E-state index contributed by atoms with van der Waals surface area (Å²) >= 11 is 0. The number of hydrogen-bond donors (Lipinski definition) is 1. The molecular formula is C11H18N4. The molecule has 0 amide bonds. The van der Waals surface area contributed by atoms with E-state index in [9.17, 15) is 0 Å². The fraction of sp³-hybridized carbons (Fsp3) is 0.636. The lowest BCUT2D eigenvalue weighted by Crippen LogP contribution is -2.30. The quantitative estimate of drug-likeness (QED) is 0.759. The van der Waals surface area contributed by atoms with Gasteiger partial charge in [0.15, 0.2) is 0 Å². The first-order valence-electron chi connectivity index (χ1n) is 5.65. The summed E-state index contributed by atoms with van der Waals surface area (Å²) < 4.78 is 1.94. The topological polar surface area (TPSA) is 42.7 Å². The molecule has 82 valence electrons. The molecule has 1 aliphatic rings. The Balaban J connectivity index is 1.84. The molecule has 1 unspecified atom stereocenters. The van der Waals surface area contributed by atoms with Crippen molar-refractivity contribution >= 4 is 0 Å². The van der Waals surface area contributed by atoms with E-state index in [2.05, 4.69) is 34.5 Å². The summed E-state index contributed by atoms with van der Waals surface area (Å²) in [7, 11) is 0. The minimum absolute atomic E-state index is 0.608. The van der Waals surface area contributed by atoms with Crippen LogP contribution in [0.3, 0.4) is 0 Å². The van der Waals surface area contributed by atoms with E-state index in [0.717, 1.165) is 25.3 Å². The Labute approximate surface area is 90.4 Å². The van der Waals surface area contributed by atoms with Crippen LogP contribution in [0.5, 0.6) is 0 Å². The van der Waals surface area contributed by atoms with Crippen LogP contribution >= 0.6 is 0 Å². The van der Waals surface area contributed by atoms with Gasteiger partial charge < -0.3 is 5.32 Å². The summed E-state index contributed by atoms with van der Waals surface area (Å²) in [6, 6.07) is 0.608. The van der Waals surface area contributed by atoms with E-state index in [0.29, 0.717) is 6.04 Å². The number of aromatic nitrogens is 3. The van der Waals surface area contributed by atoms with Crippen molar-refractivity contribution < 1.29 is 0 Å². The monoisotopic (exact) mass is 206 g/mol. The normalized spacial score (nSPS) is 20.7. The van der Waals surface area contributed by atoms with Crippen LogP contribution in [0.15, 0.2) is 18.5 Å². The van der Waals surface area contributed by atoms with Gasteiger partial charge in [-0.15, -0.1) is 0 Å². The molecule has 0 bridgehead atoms. The Kier molecular flexibility index (Phi) is 3.50. The lowest BCUT2D eigenvalue weighted by atomic mass is 10.0. The van der Waals surface area contributed by atoms with E-state index in [4.69, 9.17) is 0 Å². The molecule has 0 aliphatic heterocycles. The third kappa shape index (κ3) is 2.65. The molecule has 2 rings (SSSR count). The van der Waals surface area contributed by atoms with Crippen molar-refractivity contribution in [2.45, 2.75) is 45.3 Å². The van der Waals surface area contributed by atoms with Crippen LogP contribution < -0.4 is 5.32 Å². The lowest BCUT2D eigenvalue weighted by molar-refractivity contribution is 0.455. The average Bonchev–Trinajstić information content (AvgIpc) is 2.75. The van der Waals surface area contributed by atoms with E-state index < -0.39 is 0 Å². The predicted octanol–water partition coefficient (Wildman–Crippen LogP) is 1.50. The third-order valence-electron chi connectivity index (χ3n) is 2.81. The van der Waals surface area contributed by atoms with Gasteiger partial charge in [-0.25, -0.2) is 9.67 Å². The smallest absolute Gasteiger partial charge is 0.140 e. The van der Waals surface area contributed by atoms with E-state index in [1.54, 1.807) is 6.33 Å². The molecule has 1 aliphatic carbocycles. The van der Waals surface area contributed by atoms with Gasteiger partial charge in [-0.3, -0.25) is 0 Å². The van der Waals surface area contributed by atoms with E-state index in [-0.39, 0.29) is 0 Å². The van der Waals surface area contributed by atoms with Crippen LogP contribution in [-0.2, 0) is 13.1 Å². The largest absolute Gasteiger partial charge is 0.307 e. The highest BCUT2D eigenvalue weighted by Crippen LogP contribution is 2.10. The van der Waals surface area contributed by atoms with Gasteiger partial charge in [-0.2, -0.15) is 5.10 Å². The maximum Gasteiger partial charge on any atom is 0.140 e. The molecule has 1 aromatic rings. The highest BCUT2D eigenvalue weighted by Gasteiger charge is 2.10. The molecule has 1 atom stereocenters. The molecule has 1 heterocycles. The summed E-state index contributed by atoms with van der Waals surface area (Å²) in [5.41, 5.74) is 0. The first-order chi connectivity index (χ1) is 7.40. The van der Waals surface area contributed by atoms with E-state index in [1.807, 2.05) is 4.68 Å². The van der Waals surface area contributed by atoms with Gasteiger partial charge in [-0.05, 0) is 26.2 Å². The Morgan fingerprint density at radius 2 is 2.47 bits per heavy atom. The second-order valence-corrected chi connectivity index (χ2v) is 3.85. The molecule has 0 aromatic carbocycles. The van der Waals surface area contributed by atoms with Gasteiger partial charge in [0.25, 0.3) is 0 Å². The van der Waals surface area contributed by atoms with Crippen LogP contribution in [-0.4, -0.2) is 20.8 Å². The Hall–Kier alpha value is -1.16. The van der Waals surface area contributed by atoms with Crippen LogP contribution in [0.1, 0.15) is 32.0 Å². The molecule has 0 radical (unpaired) electrons. The summed E-state index contributed by atoms with van der Waals surface area (Å²) in [6.45, 7) is 3.80. The lowest BCUT2D eigenvalue weighted by Gasteiger charge is -2.19. The molecule has 0 saturated heterocycles. The second kappa shape index (κ2) is 5.07. The zero-order valence-corrected chi connectivity index (χ0v) is 9.19. The number of rotatable bonds is 4. The number of nitrogens with one attached hydrogen (secondary N) is 1. The average molecular weight is 206 g/mol. The van der Waals surface area contributed by atoms with Gasteiger partial charge in [0.1, 0.15) is 12.2 Å². The molecule has 1 aromatic heterocycles. The van der Waals surface area contributed by atoms with Crippen LogP contribution in [0, 0.1) is 0 Å². The summed E-state index contributed by atoms with van der Waals surface area (Å²) in [6.07, 6.45) is 9.70. The van der Waals surface area contributed by atoms with Gasteiger partial charge in [0.2, 0.25) is 0 Å².